The van der Waals surface area contributed by atoms with Crippen molar-refractivity contribution in [3.63, 3.8) is 0 Å². The lowest BCUT2D eigenvalue weighted by Gasteiger charge is -2.22. The summed E-state index contributed by atoms with van der Waals surface area (Å²) < 4.78 is 5.64. The standard InChI is InChI=1S/C17H17Cl2NO2/c1-12(22-16-5-3-4-15(19)10-16)17(21)20(2)11-13-6-8-14(18)9-7-13/h3-10,12H,11H2,1-2H3/t12-/m0/s1. The maximum absolute atomic E-state index is 12.3. The molecule has 0 bridgehead atoms. The molecule has 0 aliphatic carbocycles. The van der Waals surface area contributed by atoms with Gasteiger partial charge < -0.3 is 9.64 Å². The number of hydrogen-bond donors (Lipinski definition) is 0. The molecule has 0 saturated carbocycles. The predicted octanol–water partition coefficient (Wildman–Crippen LogP) is 4.42. The molecule has 2 aromatic rings. The fourth-order valence-corrected chi connectivity index (χ4v) is 2.35. The second kappa shape index (κ2) is 7.52. The second-order valence-electron chi connectivity index (χ2n) is 5.04. The summed E-state index contributed by atoms with van der Waals surface area (Å²) in [6.45, 7) is 2.22. The smallest absolute Gasteiger partial charge is 0.263 e. The normalized spacial score (nSPS) is 11.8. The van der Waals surface area contributed by atoms with Crippen LogP contribution in [0.15, 0.2) is 48.5 Å². The first-order valence-corrected chi connectivity index (χ1v) is 7.63. The molecule has 5 heteroatoms. The Labute approximate surface area is 140 Å². The Bertz CT molecular complexity index is 643. The largest absolute Gasteiger partial charge is 0.481 e. The number of rotatable bonds is 5. The van der Waals surface area contributed by atoms with Crippen molar-refractivity contribution in [2.24, 2.45) is 0 Å². The number of benzene rings is 2. The zero-order valence-electron chi connectivity index (χ0n) is 12.4. The van der Waals surface area contributed by atoms with Gasteiger partial charge in [-0.1, -0.05) is 41.4 Å². The van der Waals surface area contributed by atoms with E-state index in [0.717, 1.165) is 5.56 Å². The van der Waals surface area contributed by atoms with Crippen molar-refractivity contribution in [3.05, 3.63) is 64.1 Å². The van der Waals surface area contributed by atoms with Crippen LogP contribution >= 0.6 is 23.2 Å². The van der Waals surface area contributed by atoms with E-state index in [2.05, 4.69) is 0 Å². The van der Waals surface area contributed by atoms with Gasteiger partial charge in [0.1, 0.15) is 5.75 Å². The lowest BCUT2D eigenvalue weighted by molar-refractivity contribution is -0.137. The number of nitrogens with zero attached hydrogens (tertiary/aromatic N) is 1. The Kier molecular flexibility index (Phi) is 5.69. The van der Waals surface area contributed by atoms with Crippen LogP contribution in [0.1, 0.15) is 12.5 Å². The lowest BCUT2D eigenvalue weighted by Crippen LogP contribution is -2.37. The summed E-state index contributed by atoms with van der Waals surface area (Å²) in [6, 6.07) is 14.4. The first-order chi connectivity index (χ1) is 10.5. The summed E-state index contributed by atoms with van der Waals surface area (Å²) in [6.07, 6.45) is -0.587. The molecule has 1 amide bonds. The molecule has 116 valence electrons. The van der Waals surface area contributed by atoms with Crippen LogP contribution in [0.3, 0.4) is 0 Å². The van der Waals surface area contributed by atoms with Gasteiger partial charge in [0.05, 0.1) is 0 Å². The summed E-state index contributed by atoms with van der Waals surface area (Å²) in [7, 11) is 1.74. The molecule has 1 atom stereocenters. The first-order valence-electron chi connectivity index (χ1n) is 6.87. The van der Waals surface area contributed by atoms with Crippen LogP contribution in [0.25, 0.3) is 0 Å². The predicted molar refractivity (Wildman–Crippen MR) is 89.5 cm³/mol. The summed E-state index contributed by atoms with van der Waals surface area (Å²) in [4.78, 5) is 14.0. The van der Waals surface area contributed by atoms with E-state index in [1.807, 2.05) is 12.1 Å². The maximum Gasteiger partial charge on any atom is 0.263 e. The van der Waals surface area contributed by atoms with E-state index in [4.69, 9.17) is 27.9 Å². The van der Waals surface area contributed by atoms with E-state index < -0.39 is 6.10 Å². The number of carbonyl (C=O) groups is 1. The van der Waals surface area contributed by atoms with E-state index in [1.54, 1.807) is 55.3 Å². The van der Waals surface area contributed by atoms with Gasteiger partial charge in [-0.25, -0.2) is 0 Å². The van der Waals surface area contributed by atoms with Gasteiger partial charge >= 0.3 is 0 Å². The monoisotopic (exact) mass is 337 g/mol. The number of carbonyl (C=O) groups excluding carboxylic acids is 1. The van der Waals surface area contributed by atoms with Crippen LogP contribution in [-0.4, -0.2) is 24.0 Å². The van der Waals surface area contributed by atoms with E-state index >= 15 is 0 Å². The van der Waals surface area contributed by atoms with Gasteiger partial charge in [-0.2, -0.15) is 0 Å². The Morgan fingerprint density at radius 1 is 1.14 bits per heavy atom. The molecule has 0 unspecified atom stereocenters. The minimum Gasteiger partial charge on any atom is -0.481 e. The van der Waals surface area contributed by atoms with Gasteiger partial charge in [-0.15, -0.1) is 0 Å². The van der Waals surface area contributed by atoms with E-state index in [9.17, 15) is 4.79 Å². The molecule has 0 fully saturated rings. The Balaban J connectivity index is 1.96. The fourth-order valence-electron chi connectivity index (χ4n) is 2.05. The average molecular weight is 338 g/mol. The molecular formula is C17H17Cl2NO2. The van der Waals surface area contributed by atoms with Crippen molar-refractivity contribution in [2.45, 2.75) is 19.6 Å². The molecule has 2 rings (SSSR count). The van der Waals surface area contributed by atoms with Gasteiger partial charge in [0.25, 0.3) is 5.91 Å². The summed E-state index contributed by atoms with van der Waals surface area (Å²) >= 11 is 11.8. The Hall–Kier alpha value is -1.71. The third-order valence-corrected chi connectivity index (χ3v) is 3.65. The lowest BCUT2D eigenvalue weighted by atomic mass is 10.2. The Morgan fingerprint density at radius 2 is 1.82 bits per heavy atom. The molecule has 0 aromatic heterocycles. The zero-order chi connectivity index (χ0) is 16.1. The fraction of sp³-hybridized carbons (Fsp3) is 0.235. The van der Waals surface area contributed by atoms with Gasteiger partial charge in [-0.3, -0.25) is 4.79 Å². The Morgan fingerprint density at radius 3 is 2.45 bits per heavy atom. The van der Waals surface area contributed by atoms with E-state index in [-0.39, 0.29) is 5.91 Å². The maximum atomic E-state index is 12.3. The molecule has 0 spiro atoms. The molecule has 0 heterocycles. The number of halogens is 2. The van der Waals surface area contributed by atoms with Crippen molar-refractivity contribution < 1.29 is 9.53 Å². The quantitative estimate of drug-likeness (QED) is 0.808. The van der Waals surface area contributed by atoms with Crippen molar-refractivity contribution in [3.8, 4) is 5.75 Å². The van der Waals surface area contributed by atoms with Crippen molar-refractivity contribution in [1.29, 1.82) is 0 Å². The van der Waals surface area contributed by atoms with Gasteiger partial charge in [0.15, 0.2) is 6.10 Å². The minimum atomic E-state index is -0.587. The van der Waals surface area contributed by atoms with Gasteiger partial charge in [0, 0.05) is 23.6 Å². The van der Waals surface area contributed by atoms with Crippen molar-refractivity contribution >= 4 is 29.1 Å². The highest BCUT2D eigenvalue weighted by Crippen LogP contribution is 2.19. The van der Waals surface area contributed by atoms with E-state index in [0.29, 0.717) is 22.3 Å². The van der Waals surface area contributed by atoms with Crippen LogP contribution in [0, 0.1) is 0 Å². The molecular weight excluding hydrogens is 321 g/mol. The van der Waals surface area contributed by atoms with Crippen LogP contribution < -0.4 is 4.74 Å². The number of amides is 1. The van der Waals surface area contributed by atoms with Crippen molar-refractivity contribution in [1.82, 2.24) is 4.90 Å². The van der Waals surface area contributed by atoms with Crippen molar-refractivity contribution in [2.75, 3.05) is 7.05 Å². The SMILES string of the molecule is C[C@H](Oc1cccc(Cl)c1)C(=O)N(C)Cc1ccc(Cl)cc1. The highest BCUT2D eigenvalue weighted by molar-refractivity contribution is 6.30. The topological polar surface area (TPSA) is 29.5 Å². The van der Waals surface area contributed by atoms with Gasteiger partial charge in [-0.05, 0) is 42.8 Å². The molecule has 0 saturated heterocycles. The molecule has 3 nitrogen and oxygen atoms in total. The second-order valence-corrected chi connectivity index (χ2v) is 5.91. The summed E-state index contributed by atoms with van der Waals surface area (Å²) in [5.41, 5.74) is 1.01. The minimum absolute atomic E-state index is 0.102. The first kappa shape index (κ1) is 16.7. The third kappa shape index (κ3) is 4.65. The molecule has 0 aliphatic heterocycles. The number of ether oxygens (including phenoxy) is 1. The number of hydrogen-bond acceptors (Lipinski definition) is 2. The molecule has 22 heavy (non-hydrogen) atoms. The molecule has 0 aliphatic rings. The van der Waals surface area contributed by atoms with Crippen LogP contribution in [0.4, 0.5) is 0 Å². The molecule has 0 radical (unpaired) electrons. The summed E-state index contributed by atoms with van der Waals surface area (Å²) in [5, 5.41) is 1.25. The highest BCUT2D eigenvalue weighted by Gasteiger charge is 2.19. The average Bonchev–Trinajstić information content (AvgIpc) is 2.48. The van der Waals surface area contributed by atoms with Crippen LogP contribution in [0.5, 0.6) is 5.75 Å². The van der Waals surface area contributed by atoms with E-state index in [1.165, 1.54) is 0 Å². The number of likely N-dealkylation sites (N-methyl/N-ethyl adjacent to an activating group) is 1. The molecule has 2 aromatic carbocycles. The zero-order valence-corrected chi connectivity index (χ0v) is 13.9. The molecule has 0 N–H and O–H groups in total. The van der Waals surface area contributed by atoms with Gasteiger partial charge in [0.2, 0.25) is 0 Å². The van der Waals surface area contributed by atoms with Crippen LogP contribution in [0.2, 0.25) is 10.0 Å². The van der Waals surface area contributed by atoms with Crippen LogP contribution in [-0.2, 0) is 11.3 Å². The highest BCUT2D eigenvalue weighted by atomic mass is 35.5. The summed E-state index contributed by atoms with van der Waals surface area (Å²) in [5.74, 6) is 0.475. The third-order valence-electron chi connectivity index (χ3n) is 3.17.